The van der Waals surface area contributed by atoms with Crippen molar-refractivity contribution in [2.45, 2.75) is 10.9 Å². The molecule has 0 saturated heterocycles. The topological polar surface area (TPSA) is 47.6 Å². The Labute approximate surface area is 105 Å². The summed E-state index contributed by atoms with van der Waals surface area (Å²) in [7, 11) is 4.03. The molecule has 0 aliphatic rings. The lowest BCUT2D eigenvalue weighted by Crippen LogP contribution is -2.35. The molecule has 0 spiro atoms. The van der Waals surface area contributed by atoms with Gasteiger partial charge in [-0.3, -0.25) is 4.21 Å². The van der Waals surface area contributed by atoms with Crippen LogP contribution in [-0.4, -0.2) is 43.9 Å². The zero-order valence-electron chi connectivity index (χ0n) is 10.4. The summed E-state index contributed by atoms with van der Waals surface area (Å²) < 4.78 is 22.3. The molecule has 0 aliphatic carbocycles. The maximum absolute atomic E-state index is 12.1. The Morgan fingerprint density at radius 2 is 2.18 bits per heavy atom. The van der Waals surface area contributed by atoms with E-state index in [1.165, 1.54) is 0 Å². The van der Waals surface area contributed by atoms with E-state index in [1.54, 1.807) is 20.3 Å². The number of hydrogen-bond acceptors (Lipinski definition) is 4. The van der Waals surface area contributed by atoms with E-state index in [0.29, 0.717) is 12.4 Å². The summed E-state index contributed by atoms with van der Waals surface area (Å²) in [5, 5.41) is 3.08. The largest absolute Gasteiger partial charge is 0.497 e. The predicted molar refractivity (Wildman–Crippen MR) is 69.0 cm³/mol. The lowest BCUT2D eigenvalue weighted by molar-refractivity contribution is 0.176. The van der Waals surface area contributed by atoms with Crippen molar-refractivity contribution in [3.05, 3.63) is 24.3 Å². The van der Waals surface area contributed by atoms with E-state index in [1.807, 2.05) is 25.2 Å². The van der Waals surface area contributed by atoms with Crippen LogP contribution >= 0.6 is 0 Å². The fourth-order valence-electron chi connectivity index (χ4n) is 1.44. The first kappa shape index (κ1) is 14.2. The SMILES string of the molecule is CNC(COC)CS(=O)c1cccc(OC)c1. The minimum atomic E-state index is -1.05. The Balaban J connectivity index is 2.68. The van der Waals surface area contributed by atoms with Gasteiger partial charge in [0.2, 0.25) is 0 Å². The molecule has 1 N–H and O–H groups in total. The molecule has 5 heteroatoms. The summed E-state index contributed by atoms with van der Waals surface area (Å²) in [6.45, 7) is 0.548. The molecular formula is C12H19NO3S. The minimum Gasteiger partial charge on any atom is -0.497 e. The molecule has 0 bridgehead atoms. The molecular weight excluding hydrogens is 238 g/mol. The molecule has 0 aliphatic heterocycles. The molecule has 1 aromatic rings. The van der Waals surface area contributed by atoms with Crippen molar-refractivity contribution in [3.63, 3.8) is 0 Å². The maximum Gasteiger partial charge on any atom is 0.120 e. The van der Waals surface area contributed by atoms with Gasteiger partial charge in [-0.25, -0.2) is 0 Å². The van der Waals surface area contributed by atoms with Crippen LogP contribution in [-0.2, 0) is 15.5 Å². The second-order valence-electron chi connectivity index (χ2n) is 3.63. The lowest BCUT2D eigenvalue weighted by Gasteiger charge is -2.14. The highest BCUT2D eigenvalue weighted by molar-refractivity contribution is 7.85. The number of hydrogen-bond donors (Lipinski definition) is 1. The zero-order valence-corrected chi connectivity index (χ0v) is 11.3. The Morgan fingerprint density at radius 3 is 2.76 bits per heavy atom. The highest BCUT2D eigenvalue weighted by Crippen LogP contribution is 2.16. The predicted octanol–water partition coefficient (Wildman–Crippen LogP) is 1.04. The third-order valence-electron chi connectivity index (χ3n) is 2.43. The van der Waals surface area contributed by atoms with E-state index >= 15 is 0 Å². The van der Waals surface area contributed by atoms with E-state index in [-0.39, 0.29) is 6.04 Å². The standard InChI is InChI=1S/C12H19NO3S/c1-13-10(8-15-2)9-17(14)12-6-4-5-11(7-12)16-3/h4-7,10,13H,8-9H2,1-3H3. The summed E-state index contributed by atoms with van der Waals surface area (Å²) in [4.78, 5) is 0.778. The van der Waals surface area contributed by atoms with Gasteiger partial charge in [-0.1, -0.05) is 6.07 Å². The molecule has 0 heterocycles. The van der Waals surface area contributed by atoms with Gasteiger partial charge in [-0.2, -0.15) is 0 Å². The van der Waals surface area contributed by atoms with E-state index in [2.05, 4.69) is 5.32 Å². The number of nitrogens with one attached hydrogen (secondary N) is 1. The van der Waals surface area contributed by atoms with E-state index in [9.17, 15) is 4.21 Å². The van der Waals surface area contributed by atoms with Crippen molar-refractivity contribution in [2.24, 2.45) is 0 Å². The van der Waals surface area contributed by atoms with Gasteiger partial charge >= 0.3 is 0 Å². The van der Waals surface area contributed by atoms with E-state index in [0.717, 1.165) is 10.6 Å². The second-order valence-corrected chi connectivity index (χ2v) is 5.13. The quantitative estimate of drug-likeness (QED) is 0.793. The normalized spacial score (nSPS) is 14.3. The molecule has 2 atom stereocenters. The van der Waals surface area contributed by atoms with Gasteiger partial charge in [-0.15, -0.1) is 0 Å². The molecule has 0 amide bonds. The summed E-state index contributed by atoms with van der Waals surface area (Å²) in [6.07, 6.45) is 0. The van der Waals surface area contributed by atoms with Gasteiger partial charge in [0, 0.05) is 23.8 Å². The van der Waals surface area contributed by atoms with Crippen LogP contribution in [0.1, 0.15) is 0 Å². The molecule has 4 nitrogen and oxygen atoms in total. The number of ether oxygens (including phenoxy) is 2. The molecule has 0 aromatic heterocycles. The van der Waals surface area contributed by atoms with Crippen molar-refractivity contribution in [1.82, 2.24) is 5.32 Å². The fraction of sp³-hybridized carbons (Fsp3) is 0.500. The first-order valence-corrected chi connectivity index (χ1v) is 6.71. The molecule has 0 fully saturated rings. The van der Waals surface area contributed by atoms with Crippen LogP contribution in [0.5, 0.6) is 5.75 Å². The number of methoxy groups -OCH3 is 2. The van der Waals surface area contributed by atoms with Crippen molar-refractivity contribution < 1.29 is 13.7 Å². The molecule has 1 rings (SSSR count). The maximum atomic E-state index is 12.1. The molecule has 1 aromatic carbocycles. The molecule has 0 radical (unpaired) electrons. The summed E-state index contributed by atoms with van der Waals surface area (Å²) in [6, 6.07) is 7.42. The van der Waals surface area contributed by atoms with Crippen LogP contribution in [0.2, 0.25) is 0 Å². The van der Waals surface area contributed by atoms with Crippen LogP contribution in [0.25, 0.3) is 0 Å². The van der Waals surface area contributed by atoms with E-state index in [4.69, 9.17) is 9.47 Å². The monoisotopic (exact) mass is 257 g/mol. The Bertz CT molecular complexity index is 371. The Kier molecular flexibility index (Phi) is 6.18. The zero-order chi connectivity index (χ0) is 12.7. The van der Waals surface area contributed by atoms with Crippen LogP contribution in [0, 0.1) is 0 Å². The van der Waals surface area contributed by atoms with Crippen LogP contribution in [0.15, 0.2) is 29.2 Å². The van der Waals surface area contributed by atoms with Crippen LogP contribution in [0.4, 0.5) is 0 Å². The molecule has 2 unspecified atom stereocenters. The third kappa shape index (κ3) is 4.46. The van der Waals surface area contributed by atoms with Crippen LogP contribution in [0.3, 0.4) is 0 Å². The molecule has 0 saturated carbocycles. The first-order chi connectivity index (χ1) is 8.21. The highest BCUT2D eigenvalue weighted by atomic mass is 32.2. The Morgan fingerprint density at radius 1 is 1.41 bits per heavy atom. The summed E-state index contributed by atoms with van der Waals surface area (Å²) in [5.41, 5.74) is 0. The number of likely N-dealkylation sites (N-methyl/N-ethyl adjacent to an activating group) is 1. The van der Waals surface area contributed by atoms with Gasteiger partial charge in [-0.05, 0) is 25.2 Å². The first-order valence-electron chi connectivity index (χ1n) is 5.40. The highest BCUT2D eigenvalue weighted by Gasteiger charge is 2.12. The van der Waals surface area contributed by atoms with Gasteiger partial charge in [0.25, 0.3) is 0 Å². The van der Waals surface area contributed by atoms with Gasteiger partial charge in [0.1, 0.15) is 5.75 Å². The van der Waals surface area contributed by atoms with Crippen molar-refractivity contribution >= 4 is 10.8 Å². The summed E-state index contributed by atoms with van der Waals surface area (Å²) >= 11 is 0. The van der Waals surface area contributed by atoms with Crippen LogP contribution < -0.4 is 10.1 Å². The number of rotatable bonds is 7. The van der Waals surface area contributed by atoms with E-state index < -0.39 is 10.8 Å². The summed E-state index contributed by atoms with van der Waals surface area (Å²) in [5.74, 6) is 1.25. The van der Waals surface area contributed by atoms with Crippen molar-refractivity contribution in [3.8, 4) is 5.75 Å². The third-order valence-corrected chi connectivity index (χ3v) is 3.92. The van der Waals surface area contributed by atoms with Gasteiger partial charge in [0.15, 0.2) is 0 Å². The lowest BCUT2D eigenvalue weighted by atomic mass is 10.3. The average molecular weight is 257 g/mol. The van der Waals surface area contributed by atoms with Gasteiger partial charge < -0.3 is 14.8 Å². The smallest absolute Gasteiger partial charge is 0.120 e. The number of benzene rings is 1. The average Bonchev–Trinajstić information content (AvgIpc) is 2.38. The second kappa shape index (κ2) is 7.42. The van der Waals surface area contributed by atoms with Gasteiger partial charge in [0.05, 0.1) is 24.5 Å². The molecule has 96 valence electrons. The Hall–Kier alpha value is -0.910. The fourth-order valence-corrected chi connectivity index (χ4v) is 2.74. The van der Waals surface area contributed by atoms with Crippen molar-refractivity contribution in [1.29, 1.82) is 0 Å². The minimum absolute atomic E-state index is 0.0898. The molecule has 17 heavy (non-hydrogen) atoms. The van der Waals surface area contributed by atoms with Crippen molar-refractivity contribution in [2.75, 3.05) is 33.6 Å².